The molecule has 0 bridgehead atoms. The van der Waals surface area contributed by atoms with E-state index in [1.165, 1.54) is 36.6 Å². The summed E-state index contributed by atoms with van der Waals surface area (Å²) in [6.45, 7) is 3.05. The molecule has 0 N–H and O–H groups in total. The van der Waals surface area contributed by atoms with Gasteiger partial charge in [-0.15, -0.1) is 11.8 Å². The Balaban J connectivity index is 1.66. The van der Waals surface area contributed by atoms with Crippen LogP contribution >= 0.6 is 11.8 Å². The molecule has 0 unspecified atom stereocenters. The number of fused-ring (bicyclic) bond motifs is 1. The number of ether oxygens (including phenoxy) is 1. The molecular formula is C18H21F3N2O4S. The van der Waals surface area contributed by atoms with Crippen LogP contribution in [0.3, 0.4) is 0 Å². The zero-order chi connectivity index (χ0) is 20.9. The molecule has 0 aliphatic carbocycles. The number of hydrogen-bond donors (Lipinski definition) is 0. The van der Waals surface area contributed by atoms with Gasteiger partial charge in [0.25, 0.3) is 0 Å². The number of carbonyl (C=O) groups excluding carboxylic acids is 3. The Hall–Kier alpha value is -1.97. The van der Waals surface area contributed by atoms with E-state index < -0.39 is 42.0 Å². The van der Waals surface area contributed by atoms with E-state index in [4.69, 9.17) is 4.74 Å². The molecule has 2 fully saturated rings. The number of amides is 1. The lowest BCUT2D eigenvalue weighted by Gasteiger charge is -2.29. The standard InChI is InChI=1S/C18H21F3N2O4S/c1-10-6-12(11(2)22(10)9-18(19,20)21)14(24)7-27-16(26)13-8-28-17(3)5-4-15(25)23(13)17/h6,13H,4-5,7-9H2,1-3H3/t13-,17+/m0/s1. The second kappa shape index (κ2) is 7.13. The van der Waals surface area contributed by atoms with Gasteiger partial charge in [-0.25, -0.2) is 4.79 Å². The van der Waals surface area contributed by atoms with Crippen molar-refractivity contribution in [1.82, 2.24) is 9.47 Å². The van der Waals surface area contributed by atoms with Gasteiger partial charge < -0.3 is 14.2 Å². The molecule has 10 heteroatoms. The zero-order valence-electron chi connectivity index (χ0n) is 15.8. The molecule has 0 saturated carbocycles. The molecule has 6 nitrogen and oxygen atoms in total. The summed E-state index contributed by atoms with van der Waals surface area (Å²) in [5.41, 5.74) is 0.571. The van der Waals surface area contributed by atoms with Crippen molar-refractivity contribution in [2.75, 3.05) is 12.4 Å². The Morgan fingerprint density at radius 2 is 2.04 bits per heavy atom. The minimum absolute atomic E-state index is 0.0948. The van der Waals surface area contributed by atoms with Crippen LogP contribution in [-0.2, 0) is 20.9 Å². The van der Waals surface area contributed by atoms with E-state index in [2.05, 4.69) is 0 Å². The molecule has 28 heavy (non-hydrogen) atoms. The van der Waals surface area contributed by atoms with Crippen molar-refractivity contribution in [2.24, 2.45) is 0 Å². The van der Waals surface area contributed by atoms with E-state index in [-0.39, 0.29) is 17.2 Å². The number of halogens is 3. The molecule has 0 spiro atoms. The highest BCUT2D eigenvalue weighted by molar-refractivity contribution is 8.01. The molecule has 2 aliphatic rings. The average molecular weight is 418 g/mol. The Labute approximate surface area is 164 Å². The van der Waals surface area contributed by atoms with Crippen LogP contribution in [0, 0.1) is 13.8 Å². The van der Waals surface area contributed by atoms with Crippen molar-refractivity contribution < 1.29 is 32.3 Å². The summed E-state index contributed by atoms with van der Waals surface area (Å²) >= 11 is 1.51. The lowest BCUT2D eigenvalue weighted by molar-refractivity contribution is -0.152. The van der Waals surface area contributed by atoms with Gasteiger partial charge >= 0.3 is 12.1 Å². The zero-order valence-corrected chi connectivity index (χ0v) is 16.6. The lowest BCUT2D eigenvalue weighted by atomic mass is 10.1. The highest BCUT2D eigenvalue weighted by Crippen LogP contribution is 2.47. The van der Waals surface area contributed by atoms with Crippen molar-refractivity contribution in [3.05, 3.63) is 23.0 Å². The smallest absolute Gasteiger partial charge is 0.406 e. The first-order valence-corrected chi connectivity index (χ1v) is 9.81. The maximum atomic E-state index is 12.7. The Bertz CT molecular complexity index is 836. The second-order valence-electron chi connectivity index (χ2n) is 7.28. The summed E-state index contributed by atoms with van der Waals surface area (Å²) in [4.78, 5) is 38.0. The van der Waals surface area contributed by atoms with Crippen LogP contribution in [0.5, 0.6) is 0 Å². The summed E-state index contributed by atoms with van der Waals surface area (Å²) < 4.78 is 44.2. The molecule has 3 rings (SSSR count). The Morgan fingerprint density at radius 1 is 1.36 bits per heavy atom. The van der Waals surface area contributed by atoms with E-state index in [0.717, 1.165) is 4.57 Å². The van der Waals surface area contributed by atoms with Crippen molar-refractivity contribution in [3.63, 3.8) is 0 Å². The summed E-state index contributed by atoms with van der Waals surface area (Å²) in [6.07, 6.45) is -3.38. The topological polar surface area (TPSA) is 68.6 Å². The fourth-order valence-electron chi connectivity index (χ4n) is 3.81. The van der Waals surface area contributed by atoms with Crippen LogP contribution < -0.4 is 0 Å². The SMILES string of the molecule is Cc1cc(C(=O)COC(=O)[C@@H]2CS[C@]3(C)CCC(=O)N23)c(C)n1CC(F)(F)F. The maximum Gasteiger partial charge on any atom is 0.406 e. The summed E-state index contributed by atoms with van der Waals surface area (Å²) in [5.74, 6) is -0.952. The second-order valence-corrected chi connectivity index (χ2v) is 8.78. The number of esters is 1. The first-order valence-electron chi connectivity index (χ1n) is 8.82. The van der Waals surface area contributed by atoms with Crippen LogP contribution in [0.15, 0.2) is 6.07 Å². The lowest BCUT2D eigenvalue weighted by Crippen LogP contribution is -2.46. The Morgan fingerprint density at radius 3 is 2.68 bits per heavy atom. The van der Waals surface area contributed by atoms with Crippen LogP contribution in [0.1, 0.15) is 41.5 Å². The third-order valence-corrected chi connectivity index (χ3v) is 6.78. The van der Waals surface area contributed by atoms with Crippen LogP contribution in [0.4, 0.5) is 13.2 Å². The van der Waals surface area contributed by atoms with Gasteiger partial charge in [0, 0.05) is 29.1 Å². The molecule has 0 radical (unpaired) electrons. The third kappa shape index (κ3) is 3.78. The molecule has 2 aliphatic heterocycles. The van der Waals surface area contributed by atoms with Gasteiger partial charge in [-0.2, -0.15) is 13.2 Å². The van der Waals surface area contributed by atoms with Crippen LogP contribution in [0.2, 0.25) is 0 Å². The summed E-state index contributed by atoms with van der Waals surface area (Å²) in [7, 11) is 0. The number of alkyl halides is 3. The Kier molecular flexibility index (Phi) is 5.28. The van der Waals surface area contributed by atoms with E-state index in [1.54, 1.807) is 0 Å². The number of carbonyl (C=O) groups is 3. The quantitative estimate of drug-likeness (QED) is 0.543. The van der Waals surface area contributed by atoms with E-state index >= 15 is 0 Å². The van der Waals surface area contributed by atoms with Crippen molar-refractivity contribution >= 4 is 29.4 Å². The third-order valence-electron chi connectivity index (χ3n) is 5.27. The normalized spacial score (nSPS) is 24.6. The van der Waals surface area contributed by atoms with E-state index in [0.29, 0.717) is 24.3 Å². The van der Waals surface area contributed by atoms with Gasteiger partial charge in [-0.05, 0) is 33.3 Å². The molecular weight excluding hydrogens is 397 g/mol. The van der Waals surface area contributed by atoms with E-state index in [9.17, 15) is 27.6 Å². The molecule has 2 atom stereocenters. The van der Waals surface area contributed by atoms with Gasteiger partial charge in [-0.3, -0.25) is 9.59 Å². The monoisotopic (exact) mass is 418 g/mol. The minimum atomic E-state index is -4.41. The van der Waals surface area contributed by atoms with Gasteiger partial charge in [0.15, 0.2) is 6.61 Å². The highest BCUT2D eigenvalue weighted by atomic mass is 32.2. The first kappa shape index (κ1) is 20.8. The van der Waals surface area contributed by atoms with Crippen LogP contribution in [0.25, 0.3) is 0 Å². The maximum absolute atomic E-state index is 12.7. The summed E-state index contributed by atoms with van der Waals surface area (Å²) in [5, 5.41) is 0. The first-order chi connectivity index (χ1) is 12.9. The number of aromatic nitrogens is 1. The minimum Gasteiger partial charge on any atom is -0.456 e. The molecule has 154 valence electrons. The van der Waals surface area contributed by atoms with Crippen molar-refractivity contribution in [1.29, 1.82) is 0 Å². The number of Topliss-reactive ketones (excluding diaryl/α,β-unsaturated/α-hetero) is 1. The number of rotatable bonds is 5. The molecule has 3 heterocycles. The van der Waals surface area contributed by atoms with Crippen molar-refractivity contribution in [2.45, 2.75) is 57.2 Å². The van der Waals surface area contributed by atoms with Gasteiger partial charge in [0.2, 0.25) is 11.7 Å². The molecule has 2 saturated heterocycles. The predicted octanol–water partition coefficient (Wildman–Crippen LogP) is 2.85. The number of nitrogens with zero attached hydrogens (tertiary/aromatic N) is 2. The number of thioether (sulfide) groups is 1. The summed E-state index contributed by atoms with van der Waals surface area (Å²) in [6, 6.07) is 0.624. The molecule has 1 aromatic rings. The van der Waals surface area contributed by atoms with Gasteiger partial charge in [0.05, 0.1) is 4.87 Å². The van der Waals surface area contributed by atoms with Gasteiger partial charge in [0.1, 0.15) is 12.6 Å². The van der Waals surface area contributed by atoms with E-state index in [1.807, 2.05) is 6.92 Å². The number of hydrogen-bond acceptors (Lipinski definition) is 5. The molecule has 1 aromatic heterocycles. The largest absolute Gasteiger partial charge is 0.456 e. The van der Waals surface area contributed by atoms with Crippen molar-refractivity contribution in [3.8, 4) is 0 Å². The van der Waals surface area contributed by atoms with Crippen LogP contribution in [-0.4, -0.2) is 56.6 Å². The molecule has 0 aromatic carbocycles. The number of aryl methyl sites for hydroxylation is 1. The fraction of sp³-hybridized carbons (Fsp3) is 0.611. The highest BCUT2D eigenvalue weighted by Gasteiger charge is 2.53. The number of ketones is 1. The predicted molar refractivity (Wildman–Crippen MR) is 96.0 cm³/mol. The average Bonchev–Trinajstić information content (AvgIpc) is 3.18. The molecule has 1 amide bonds. The van der Waals surface area contributed by atoms with Gasteiger partial charge in [-0.1, -0.05) is 0 Å². The fourth-order valence-corrected chi connectivity index (χ4v) is 5.23.